The quantitative estimate of drug-likeness (QED) is 0.374. The van der Waals surface area contributed by atoms with Gasteiger partial charge in [-0.25, -0.2) is 0 Å². The maximum atomic E-state index is 13.2. The molecule has 2 aromatic carbocycles. The Bertz CT molecular complexity index is 1220. The second-order valence-electron chi connectivity index (χ2n) is 11.3. The van der Waals surface area contributed by atoms with Crippen molar-refractivity contribution in [3.05, 3.63) is 76.4 Å². The van der Waals surface area contributed by atoms with Crippen LogP contribution in [0.15, 0.2) is 48.5 Å². The van der Waals surface area contributed by atoms with Gasteiger partial charge >= 0.3 is 12.4 Å². The highest BCUT2D eigenvalue weighted by molar-refractivity contribution is 5.79. The first-order valence-corrected chi connectivity index (χ1v) is 13.4. The summed E-state index contributed by atoms with van der Waals surface area (Å²) in [6.07, 6.45) is -1.90. The summed E-state index contributed by atoms with van der Waals surface area (Å²) >= 11 is 0. The van der Waals surface area contributed by atoms with Gasteiger partial charge in [-0.05, 0) is 85.5 Å². The molecule has 0 aromatic heterocycles. The third-order valence-corrected chi connectivity index (χ3v) is 8.67. The third-order valence-electron chi connectivity index (χ3n) is 8.67. The van der Waals surface area contributed by atoms with Crippen LogP contribution in [0.1, 0.15) is 60.4 Å². The fourth-order valence-electron chi connectivity index (χ4n) is 6.32. The number of piperidine rings is 1. The molecular formula is C30H32F6N2O. The molecule has 210 valence electrons. The number of allylic oxidation sites excluding steroid dienone is 1. The van der Waals surface area contributed by atoms with Crippen molar-refractivity contribution in [2.24, 2.45) is 17.8 Å². The maximum absolute atomic E-state index is 13.2. The van der Waals surface area contributed by atoms with Gasteiger partial charge in [0.05, 0.1) is 11.1 Å². The van der Waals surface area contributed by atoms with E-state index in [4.69, 9.17) is 0 Å². The Morgan fingerprint density at radius 3 is 2.33 bits per heavy atom. The van der Waals surface area contributed by atoms with Crippen LogP contribution in [0, 0.1) is 17.8 Å². The van der Waals surface area contributed by atoms with E-state index < -0.39 is 23.5 Å². The molecule has 0 bridgehead atoms. The van der Waals surface area contributed by atoms with Crippen LogP contribution < -0.4 is 5.32 Å². The summed E-state index contributed by atoms with van der Waals surface area (Å²) in [5.74, 6) is -0.0210. The van der Waals surface area contributed by atoms with Crippen LogP contribution >= 0.6 is 0 Å². The largest absolute Gasteiger partial charge is 0.416 e. The molecule has 1 aliphatic heterocycles. The highest BCUT2D eigenvalue weighted by atomic mass is 19.4. The zero-order chi connectivity index (χ0) is 28.0. The van der Waals surface area contributed by atoms with Crippen LogP contribution in [0.25, 0.3) is 6.08 Å². The van der Waals surface area contributed by atoms with Crippen molar-refractivity contribution in [3.63, 3.8) is 0 Å². The molecule has 1 saturated heterocycles. The van der Waals surface area contributed by atoms with Crippen molar-refractivity contribution in [2.45, 2.75) is 56.9 Å². The minimum atomic E-state index is -4.92. The molecule has 1 heterocycles. The summed E-state index contributed by atoms with van der Waals surface area (Å²) in [7, 11) is 0. The number of alkyl halides is 6. The van der Waals surface area contributed by atoms with E-state index in [2.05, 4.69) is 47.5 Å². The molecule has 2 fully saturated rings. The fourth-order valence-corrected chi connectivity index (χ4v) is 6.32. The Balaban J connectivity index is 1.20. The standard InChI is InChI=1S/C30H32F6N2O/c1-19-18-38(13-11-28(19)10-8-22-4-2-3-5-26(22)28)12-9-25(21-6-7-21)27(39)37-17-20-14-23(29(31,32)33)16-24(15-20)30(34,35)36/h2-5,8,10,14-16,19,21,25H,6-7,9,11-13,17-18H2,1H3,(H,37,39)/t19-,25-,28?/m0/s1. The van der Waals surface area contributed by atoms with Crippen LogP contribution in [0.2, 0.25) is 0 Å². The van der Waals surface area contributed by atoms with E-state index in [0.717, 1.165) is 38.9 Å². The lowest BCUT2D eigenvalue weighted by Gasteiger charge is -2.44. The van der Waals surface area contributed by atoms with Crippen LogP contribution in [-0.2, 0) is 29.1 Å². The number of carbonyl (C=O) groups is 1. The molecule has 0 radical (unpaired) electrons. The van der Waals surface area contributed by atoms with E-state index in [1.54, 1.807) is 0 Å². The zero-order valence-corrected chi connectivity index (χ0v) is 21.7. The van der Waals surface area contributed by atoms with E-state index >= 15 is 0 Å². The highest BCUT2D eigenvalue weighted by Gasteiger charge is 2.44. The van der Waals surface area contributed by atoms with Crippen LogP contribution in [-0.4, -0.2) is 30.4 Å². The summed E-state index contributed by atoms with van der Waals surface area (Å²) < 4.78 is 79.1. The minimum Gasteiger partial charge on any atom is -0.352 e. The average Bonchev–Trinajstić information content (AvgIpc) is 3.65. The average molecular weight is 551 g/mol. The molecule has 1 spiro atoms. The van der Waals surface area contributed by atoms with Gasteiger partial charge in [-0.3, -0.25) is 4.79 Å². The molecule has 9 heteroatoms. The number of hydrogen-bond donors (Lipinski definition) is 1. The first-order chi connectivity index (χ1) is 18.4. The first-order valence-electron chi connectivity index (χ1n) is 13.4. The summed E-state index contributed by atoms with van der Waals surface area (Å²) in [5, 5.41) is 2.62. The van der Waals surface area contributed by atoms with Crippen LogP contribution in [0.4, 0.5) is 26.3 Å². The molecule has 5 rings (SSSR count). The topological polar surface area (TPSA) is 32.3 Å². The molecule has 3 atom stereocenters. The number of nitrogens with one attached hydrogen (secondary N) is 1. The molecule has 1 unspecified atom stereocenters. The van der Waals surface area contributed by atoms with Gasteiger partial charge in [-0.2, -0.15) is 26.3 Å². The van der Waals surface area contributed by atoms with Crippen LogP contribution in [0.3, 0.4) is 0 Å². The lowest BCUT2D eigenvalue weighted by atomic mass is 9.68. The summed E-state index contributed by atoms with van der Waals surface area (Å²) in [4.78, 5) is 15.4. The van der Waals surface area contributed by atoms with E-state index in [0.29, 0.717) is 24.5 Å². The first kappa shape index (κ1) is 27.7. The SMILES string of the molecule is C[C@H]1CN(CC[C@H](C(=O)NCc2cc(C(F)(F)F)cc(C(F)(F)F)c2)C2CC2)CCC12C=Cc1ccccc12. The maximum Gasteiger partial charge on any atom is 0.416 e. The van der Waals surface area contributed by atoms with Crippen molar-refractivity contribution < 1.29 is 31.1 Å². The molecule has 1 saturated carbocycles. The molecule has 2 aliphatic carbocycles. The number of rotatable bonds is 7. The van der Waals surface area contributed by atoms with Gasteiger partial charge in [-0.1, -0.05) is 43.3 Å². The van der Waals surface area contributed by atoms with Gasteiger partial charge < -0.3 is 10.2 Å². The fraction of sp³-hybridized carbons (Fsp3) is 0.500. The third kappa shape index (κ3) is 5.88. The zero-order valence-electron chi connectivity index (χ0n) is 21.7. The number of fused-ring (bicyclic) bond motifs is 2. The molecular weight excluding hydrogens is 518 g/mol. The van der Waals surface area contributed by atoms with Crippen molar-refractivity contribution in [2.75, 3.05) is 19.6 Å². The van der Waals surface area contributed by atoms with Gasteiger partial charge in [0.15, 0.2) is 0 Å². The summed E-state index contributed by atoms with van der Waals surface area (Å²) in [5.41, 5.74) is -0.308. The Morgan fingerprint density at radius 2 is 1.72 bits per heavy atom. The number of likely N-dealkylation sites (tertiary alicyclic amines) is 1. The van der Waals surface area contributed by atoms with Crippen molar-refractivity contribution in [3.8, 4) is 0 Å². The lowest BCUT2D eigenvalue weighted by molar-refractivity contribution is -0.143. The minimum absolute atomic E-state index is 0.0284. The normalized spacial score (nSPS) is 24.1. The van der Waals surface area contributed by atoms with Crippen molar-refractivity contribution in [1.82, 2.24) is 10.2 Å². The van der Waals surface area contributed by atoms with Gasteiger partial charge in [-0.15, -0.1) is 0 Å². The highest BCUT2D eigenvalue weighted by Crippen LogP contribution is 2.47. The van der Waals surface area contributed by atoms with Gasteiger partial charge in [0.2, 0.25) is 5.91 Å². The van der Waals surface area contributed by atoms with E-state index in [1.165, 1.54) is 11.1 Å². The van der Waals surface area contributed by atoms with Gasteiger partial charge in [0.1, 0.15) is 0 Å². The van der Waals surface area contributed by atoms with Gasteiger partial charge in [0.25, 0.3) is 0 Å². The summed E-state index contributed by atoms with van der Waals surface area (Å²) in [6, 6.07) is 9.91. The number of hydrogen-bond acceptors (Lipinski definition) is 2. The monoisotopic (exact) mass is 550 g/mol. The van der Waals surface area contributed by atoms with Crippen molar-refractivity contribution in [1.29, 1.82) is 0 Å². The van der Waals surface area contributed by atoms with Crippen LogP contribution in [0.5, 0.6) is 0 Å². The lowest BCUT2D eigenvalue weighted by Crippen LogP contribution is -2.48. The van der Waals surface area contributed by atoms with Crippen molar-refractivity contribution >= 4 is 12.0 Å². The Kier molecular flexibility index (Phi) is 7.33. The second-order valence-corrected chi connectivity index (χ2v) is 11.3. The number of nitrogens with zero attached hydrogens (tertiary/aromatic N) is 1. The Labute approximate surface area is 224 Å². The molecule has 1 amide bonds. The number of amides is 1. The van der Waals surface area contributed by atoms with Gasteiger partial charge in [0, 0.05) is 24.4 Å². The predicted molar refractivity (Wildman–Crippen MR) is 136 cm³/mol. The molecule has 1 N–H and O–H groups in total. The van der Waals surface area contributed by atoms with E-state index in [9.17, 15) is 31.1 Å². The van der Waals surface area contributed by atoms with E-state index in [-0.39, 0.29) is 41.3 Å². The smallest absolute Gasteiger partial charge is 0.352 e. The predicted octanol–water partition coefficient (Wildman–Crippen LogP) is 7.06. The summed E-state index contributed by atoms with van der Waals surface area (Å²) in [6.45, 7) is 4.38. The molecule has 39 heavy (non-hydrogen) atoms. The molecule has 3 nitrogen and oxygen atoms in total. The second kappa shape index (κ2) is 10.3. The number of carbonyl (C=O) groups excluding carboxylic acids is 1. The number of benzene rings is 2. The molecule has 3 aliphatic rings. The Hall–Kier alpha value is -2.81. The molecule has 2 aromatic rings. The van der Waals surface area contributed by atoms with E-state index in [1.807, 2.05) is 6.07 Å². The number of halogens is 6. The Morgan fingerprint density at radius 1 is 1.05 bits per heavy atom.